The largest absolute Gasteiger partial charge is 0.350 e. The zero-order valence-electron chi connectivity index (χ0n) is 18.7. The Hall–Kier alpha value is -1.65. The standard InChI is InChI=1S/C22H32F3N3O3S/c1-3-14-32(30,31)28-12-10-27(11-13-28)21(6-8-22(24,25)9-7-21)16-26-20(29)19-5-4-18(23)15-17(19)2/h4-5,15H,3,6-14,16H2,1-2H3,(H,26,29). The van der Waals surface area contributed by atoms with Crippen LogP contribution in [0.2, 0.25) is 0 Å². The van der Waals surface area contributed by atoms with E-state index in [9.17, 15) is 26.4 Å². The van der Waals surface area contributed by atoms with E-state index in [1.165, 1.54) is 22.5 Å². The lowest BCUT2D eigenvalue weighted by molar-refractivity contribution is -0.0856. The Kier molecular flexibility index (Phi) is 7.56. The Morgan fingerprint density at radius 3 is 2.28 bits per heavy atom. The van der Waals surface area contributed by atoms with Gasteiger partial charge in [-0.2, -0.15) is 4.31 Å². The first-order valence-electron chi connectivity index (χ1n) is 11.1. The number of hydrogen-bond acceptors (Lipinski definition) is 4. The monoisotopic (exact) mass is 475 g/mol. The van der Waals surface area contributed by atoms with Gasteiger partial charge in [-0.05, 0) is 49.9 Å². The Labute approximate surface area is 188 Å². The average Bonchev–Trinajstić information content (AvgIpc) is 2.73. The number of nitrogens with zero attached hydrogens (tertiary/aromatic N) is 2. The highest BCUT2D eigenvalue weighted by Crippen LogP contribution is 2.41. The maximum atomic E-state index is 13.9. The summed E-state index contributed by atoms with van der Waals surface area (Å²) in [6, 6.07) is 3.91. The number of carbonyl (C=O) groups is 1. The molecule has 10 heteroatoms. The maximum Gasteiger partial charge on any atom is 0.251 e. The second-order valence-corrected chi connectivity index (χ2v) is 11.0. The van der Waals surface area contributed by atoms with Crippen molar-refractivity contribution in [2.75, 3.05) is 38.5 Å². The van der Waals surface area contributed by atoms with Crippen LogP contribution in [0.5, 0.6) is 0 Å². The molecule has 2 aliphatic rings. The number of carbonyl (C=O) groups excluding carboxylic acids is 1. The van der Waals surface area contributed by atoms with Crippen molar-refractivity contribution in [2.45, 2.75) is 57.4 Å². The van der Waals surface area contributed by atoms with Crippen LogP contribution in [0.4, 0.5) is 13.2 Å². The van der Waals surface area contributed by atoms with E-state index in [-0.39, 0.29) is 43.9 Å². The molecule has 180 valence electrons. The summed E-state index contributed by atoms with van der Waals surface area (Å²) in [5, 5.41) is 2.88. The molecule has 3 rings (SSSR count). The summed E-state index contributed by atoms with van der Waals surface area (Å²) >= 11 is 0. The van der Waals surface area contributed by atoms with Crippen LogP contribution in [0.25, 0.3) is 0 Å². The van der Waals surface area contributed by atoms with Crippen LogP contribution in [0.1, 0.15) is 54.9 Å². The number of alkyl halides is 2. The lowest BCUT2D eigenvalue weighted by Crippen LogP contribution is -2.63. The van der Waals surface area contributed by atoms with Crippen molar-refractivity contribution >= 4 is 15.9 Å². The lowest BCUT2D eigenvalue weighted by Gasteiger charge is -2.50. The highest BCUT2D eigenvalue weighted by Gasteiger charge is 2.47. The molecule has 0 atom stereocenters. The first-order chi connectivity index (χ1) is 15.0. The number of nitrogens with one attached hydrogen (secondary N) is 1. The van der Waals surface area contributed by atoms with Gasteiger partial charge in [0, 0.05) is 56.7 Å². The van der Waals surface area contributed by atoms with Gasteiger partial charge in [-0.25, -0.2) is 21.6 Å². The minimum absolute atomic E-state index is 0.0947. The molecule has 6 nitrogen and oxygen atoms in total. The van der Waals surface area contributed by atoms with Crippen LogP contribution in [-0.4, -0.2) is 73.5 Å². The van der Waals surface area contributed by atoms with Gasteiger partial charge in [0.15, 0.2) is 0 Å². The number of piperazine rings is 1. The number of halogens is 3. The third-order valence-electron chi connectivity index (χ3n) is 6.69. The van der Waals surface area contributed by atoms with Crippen LogP contribution in [0.3, 0.4) is 0 Å². The van der Waals surface area contributed by atoms with Gasteiger partial charge in [0.05, 0.1) is 5.75 Å². The number of sulfonamides is 1. The van der Waals surface area contributed by atoms with Crippen LogP contribution >= 0.6 is 0 Å². The number of amides is 1. The predicted molar refractivity (Wildman–Crippen MR) is 117 cm³/mol. The Balaban J connectivity index is 1.72. The van der Waals surface area contributed by atoms with Gasteiger partial charge in [-0.1, -0.05) is 6.92 Å². The lowest BCUT2D eigenvalue weighted by atomic mass is 9.78. The van der Waals surface area contributed by atoms with Crippen LogP contribution in [0.15, 0.2) is 18.2 Å². The first kappa shape index (κ1) is 25.0. The van der Waals surface area contributed by atoms with Crippen molar-refractivity contribution in [2.24, 2.45) is 0 Å². The quantitative estimate of drug-likeness (QED) is 0.658. The fourth-order valence-corrected chi connectivity index (χ4v) is 6.23. The minimum atomic E-state index is -3.31. The minimum Gasteiger partial charge on any atom is -0.350 e. The summed E-state index contributed by atoms with van der Waals surface area (Å²) in [7, 11) is -3.31. The summed E-state index contributed by atoms with van der Waals surface area (Å²) in [5.74, 6) is -3.44. The van der Waals surface area contributed by atoms with E-state index in [0.717, 1.165) is 0 Å². The molecule has 1 heterocycles. The number of rotatable bonds is 7. The van der Waals surface area contributed by atoms with E-state index < -0.39 is 27.3 Å². The molecule has 1 N–H and O–H groups in total. The fraction of sp³-hybridized carbons (Fsp3) is 0.682. The zero-order chi connectivity index (χ0) is 23.6. The highest BCUT2D eigenvalue weighted by atomic mass is 32.2. The molecule has 1 saturated carbocycles. The maximum absolute atomic E-state index is 13.9. The average molecular weight is 476 g/mol. The van der Waals surface area contributed by atoms with E-state index in [1.54, 1.807) is 6.92 Å². The molecule has 0 unspecified atom stereocenters. The molecule has 1 amide bonds. The van der Waals surface area contributed by atoms with Gasteiger partial charge in [-0.15, -0.1) is 0 Å². The molecule has 0 bridgehead atoms. The molecule has 1 aliphatic carbocycles. The smallest absolute Gasteiger partial charge is 0.251 e. The Bertz CT molecular complexity index is 922. The molecule has 1 saturated heterocycles. The van der Waals surface area contributed by atoms with E-state index in [1.807, 2.05) is 6.92 Å². The molecular formula is C22H32F3N3O3S. The van der Waals surface area contributed by atoms with Crippen molar-refractivity contribution in [3.05, 3.63) is 35.1 Å². The molecule has 1 aromatic carbocycles. The van der Waals surface area contributed by atoms with Crippen LogP contribution in [-0.2, 0) is 10.0 Å². The topological polar surface area (TPSA) is 69.7 Å². The Morgan fingerprint density at radius 1 is 1.09 bits per heavy atom. The number of benzene rings is 1. The second-order valence-electron chi connectivity index (χ2n) is 8.92. The Morgan fingerprint density at radius 2 is 1.72 bits per heavy atom. The van der Waals surface area contributed by atoms with Crippen LogP contribution < -0.4 is 5.32 Å². The van der Waals surface area contributed by atoms with E-state index >= 15 is 0 Å². The highest BCUT2D eigenvalue weighted by molar-refractivity contribution is 7.89. The van der Waals surface area contributed by atoms with Crippen LogP contribution in [0, 0.1) is 12.7 Å². The third-order valence-corrected chi connectivity index (χ3v) is 8.76. The van der Waals surface area contributed by atoms with E-state index in [2.05, 4.69) is 10.2 Å². The fourth-order valence-electron chi connectivity index (χ4n) is 4.74. The summed E-state index contributed by atoms with van der Waals surface area (Å²) in [6.45, 7) is 5.12. The number of hydrogen-bond donors (Lipinski definition) is 1. The molecule has 0 spiro atoms. The van der Waals surface area contributed by atoms with Gasteiger partial charge < -0.3 is 5.32 Å². The molecule has 1 aromatic rings. The molecule has 1 aliphatic heterocycles. The molecule has 0 radical (unpaired) electrons. The molecule has 2 fully saturated rings. The zero-order valence-corrected chi connectivity index (χ0v) is 19.5. The normalized spacial score (nSPS) is 21.9. The van der Waals surface area contributed by atoms with Crippen molar-refractivity contribution in [1.29, 1.82) is 0 Å². The SMILES string of the molecule is CCCS(=O)(=O)N1CCN(C2(CNC(=O)c3ccc(F)cc3C)CCC(F)(F)CC2)CC1. The van der Waals surface area contributed by atoms with Gasteiger partial charge in [0.2, 0.25) is 15.9 Å². The third kappa shape index (κ3) is 5.63. The summed E-state index contributed by atoms with van der Waals surface area (Å²) in [6.07, 6.45) is 0.421. The van der Waals surface area contributed by atoms with Crippen molar-refractivity contribution in [3.63, 3.8) is 0 Å². The first-order valence-corrected chi connectivity index (χ1v) is 12.7. The van der Waals surface area contributed by atoms with Crippen molar-refractivity contribution in [1.82, 2.24) is 14.5 Å². The molecule has 0 aromatic heterocycles. The molecular weight excluding hydrogens is 443 g/mol. The van der Waals surface area contributed by atoms with Crippen molar-refractivity contribution < 1.29 is 26.4 Å². The second kappa shape index (κ2) is 9.69. The van der Waals surface area contributed by atoms with E-state index in [0.29, 0.717) is 43.7 Å². The van der Waals surface area contributed by atoms with Gasteiger partial charge in [0.1, 0.15) is 5.82 Å². The van der Waals surface area contributed by atoms with Crippen molar-refractivity contribution in [3.8, 4) is 0 Å². The summed E-state index contributed by atoms with van der Waals surface area (Å²) < 4.78 is 67.5. The van der Waals surface area contributed by atoms with Gasteiger partial charge in [-0.3, -0.25) is 9.69 Å². The predicted octanol–water partition coefficient (Wildman–Crippen LogP) is 3.17. The summed E-state index contributed by atoms with van der Waals surface area (Å²) in [5.41, 5.74) is 0.186. The summed E-state index contributed by atoms with van der Waals surface area (Å²) in [4.78, 5) is 14.8. The van der Waals surface area contributed by atoms with Gasteiger partial charge >= 0.3 is 0 Å². The number of aryl methyl sites for hydroxylation is 1. The van der Waals surface area contributed by atoms with Gasteiger partial charge in [0.25, 0.3) is 5.91 Å². The molecule has 32 heavy (non-hydrogen) atoms. The van der Waals surface area contributed by atoms with E-state index in [4.69, 9.17) is 0 Å².